The van der Waals surface area contributed by atoms with Crippen molar-refractivity contribution in [3.05, 3.63) is 24.3 Å². The SMILES string of the molecule is Nc1nc(N(CCCO)C2CCC2)c2ccccc2n1. The predicted molar refractivity (Wildman–Crippen MR) is 80.6 cm³/mol. The van der Waals surface area contributed by atoms with Crippen LogP contribution in [0.4, 0.5) is 11.8 Å². The van der Waals surface area contributed by atoms with Gasteiger partial charge in [0.25, 0.3) is 0 Å². The molecule has 2 aromatic rings. The van der Waals surface area contributed by atoms with Crippen LogP contribution in [-0.4, -0.2) is 34.3 Å². The number of aliphatic hydroxyl groups is 1. The largest absolute Gasteiger partial charge is 0.396 e. The highest BCUT2D eigenvalue weighted by atomic mass is 16.3. The van der Waals surface area contributed by atoms with Crippen molar-refractivity contribution in [3.8, 4) is 0 Å². The number of aromatic nitrogens is 2. The molecule has 5 heteroatoms. The lowest BCUT2D eigenvalue weighted by molar-refractivity contribution is 0.282. The van der Waals surface area contributed by atoms with Gasteiger partial charge in [0, 0.05) is 24.6 Å². The monoisotopic (exact) mass is 272 g/mol. The van der Waals surface area contributed by atoms with Gasteiger partial charge in [-0.15, -0.1) is 0 Å². The number of aliphatic hydroxyl groups excluding tert-OH is 1. The second-order valence-corrected chi connectivity index (χ2v) is 5.28. The third-order valence-electron chi connectivity index (χ3n) is 3.95. The fourth-order valence-electron chi connectivity index (χ4n) is 2.70. The number of hydrogen-bond acceptors (Lipinski definition) is 5. The standard InChI is InChI=1S/C15H20N4O/c16-15-17-13-8-2-1-7-12(13)14(18-15)19(9-4-10-20)11-5-3-6-11/h1-2,7-8,11,20H,3-6,9-10H2,(H2,16,17,18). The Morgan fingerprint density at radius 3 is 2.75 bits per heavy atom. The zero-order valence-electron chi connectivity index (χ0n) is 11.5. The van der Waals surface area contributed by atoms with Crippen molar-refractivity contribution in [2.45, 2.75) is 31.7 Å². The highest BCUT2D eigenvalue weighted by molar-refractivity contribution is 5.90. The van der Waals surface area contributed by atoms with Crippen molar-refractivity contribution in [3.63, 3.8) is 0 Å². The van der Waals surface area contributed by atoms with Gasteiger partial charge in [0.05, 0.1) is 5.52 Å². The summed E-state index contributed by atoms with van der Waals surface area (Å²) in [5.41, 5.74) is 6.73. The molecule has 1 aliphatic carbocycles. The summed E-state index contributed by atoms with van der Waals surface area (Å²) in [5, 5.41) is 10.2. The van der Waals surface area contributed by atoms with Gasteiger partial charge >= 0.3 is 0 Å². The maximum atomic E-state index is 9.12. The van der Waals surface area contributed by atoms with Crippen LogP contribution in [-0.2, 0) is 0 Å². The number of benzene rings is 1. The minimum absolute atomic E-state index is 0.196. The zero-order valence-corrected chi connectivity index (χ0v) is 11.5. The van der Waals surface area contributed by atoms with E-state index in [1.165, 1.54) is 19.3 Å². The van der Waals surface area contributed by atoms with Gasteiger partial charge < -0.3 is 15.7 Å². The van der Waals surface area contributed by atoms with E-state index in [4.69, 9.17) is 10.8 Å². The molecule has 1 saturated carbocycles. The number of nitrogens with zero attached hydrogens (tertiary/aromatic N) is 3. The van der Waals surface area contributed by atoms with E-state index in [0.717, 1.165) is 29.7 Å². The van der Waals surface area contributed by atoms with Crippen molar-refractivity contribution in [1.82, 2.24) is 9.97 Å². The second kappa shape index (κ2) is 5.63. The second-order valence-electron chi connectivity index (χ2n) is 5.28. The summed E-state index contributed by atoms with van der Waals surface area (Å²) in [4.78, 5) is 11.1. The normalized spacial score (nSPS) is 15.2. The van der Waals surface area contributed by atoms with Crippen LogP contribution < -0.4 is 10.6 Å². The molecule has 0 unspecified atom stereocenters. The molecular formula is C15H20N4O. The van der Waals surface area contributed by atoms with Crippen LogP contribution >= 0.6 is 0 Å². The lowest BCUT2D eigenvalue weighted by atomic mass is 9.91. The summed E-state index contributed by atoms with van der Waals surface area (Å²) in [6, 6.07) is 8.46. The average Bonchev–Trinajstić information content (AvgIpc) is 2.40. The Morgan fingerprint density at radius 2 is 2.05 bits per heavy atom. The molecule has 0 amide bonds. The van der Waals surface area contributed by atoms with E-state index in [-0.39, 0.29) is 6.61 Å². The van der Waals surface area contributed by atoms with E-state index in [9.17, 15) is 0 Å². The van der Waals surface area contributed by atoms with Crippen molar-refractivity contribution in [2.24, 2.45) is 0 Å². The minimum Gasteiger partial charge on any atom is -0.396 e. The summed E-state index contributed by atoms with van der Waals surface area (Å²) in [5.74, 6) is 1.22. The minimum atomic E-state index is 0.196. The number of para-hydroxylation sites is 1. The first kappa shape index (κ1) is 13.1. The van der Waals surface area contributed by atoms with Crippen LogP contribution in [0.2, 0.25) is 0 Å². The number of hydrogen-bond donors (Lipinski definition) is 2. The Balaban J connectivity index is 2.04. The fraction of sp³-hybridized carbons (Fsp3) is 0.467. The maximum absolute atomic E-state index is 9.12. The first-order valence-electron chi connectivity index (χ1n) is 7.19. The molecule has 20 heavy (non-hydrogen) atoms. The third-order valence-corrected chi connectivity index (χ3v) is 3.95. The average molecular weight is 272 g/mol. The Bertz CT molecular complexity index is 597. The molecule has 1 fully saturated rings. The molecule has 1 aliphatic rings. The van der Waals surface area contributed by atoms with Gasteiger partial charge in [-0.3, -0.25) is 0 Å². The molecule has 0 atom stereocenters. The van der Waals surface area contributed by atoms with Gasteiger partial charge in [-0.05, 0) is 37.8 Å². The molecule has 0 radical (unpaired) electrons. The van der Waals surface area contributed by atoms with Crippen LogP contribution in [0.5, 0.6) is 0 Å². The lowest BCUT2D eigenvalue weighted by Gasteiger charge is -2.39. The molecule has 0 saturated heterocycles. The number of anilines is 2. The van der Waals surface area contributed by atoms with Gasteiger partial charge in [0.1, 0.15) is 5.82 Å². The Labute approximate surface area is 118 Å². The molecule has 1 heterocycles. The molecule has 0 bridgehead atoms. The topological polar surface area (TPSA) is 75.3 Å². The molecule has 3 rings (SSSR count). The zero-order chi connectivity index (χ0) is 13.9. The van der Waals surface area contributed by atoms with E-state index in [2.05, 4.69) is 14.9 Å². The van der Waals surface area contributed by atoms with Gasteiger partial charge in [-0.1, -0.05) is 12.1 Å². The van der Waals surface area contributed by atoms with E-state index in [1.807, 2.05) is 24.3 Å². The van der Waals surface area contributed by atoms with Crippen LogP contribution in [0, 0.1) is 0 Å². The van der Waals surface area contributed by atoms with E-state index in [1.54, 1.807) is 0 Å². The molecule has 106 valence electrons. The fourth-order valence-corrected chi connectivity index (χ4v) is 2.70. The Kier molecular flexibility index (Phi) is 3.69. The summed E-state index contributed by atoms with van der Waals surface area (Å²) >= 11 is 0. The molecule has 1 aromatic carbocycles. The smallest absolute Gasteiger partial charge is 0.222 e. The summed E-state index contributed by atoms with van der Waals surface area (Å²) < 4.78 is 0. The van der Waals surface area contributed by atoms with Gasteiger partial charge in [0.2, 0.25) is 5.95 Å². The first-order valence-corrected chi connectivity index (χ1v) is 7.19. The Morgan fingerprint density at radius 1 is 1.25 bits per heavy atom. The quantitative estimate of drug-likeness (QED) is 0.870. The third kappa shape index (κ3) is 2.41. The number of fused-ring (bicyclic) bond motifs is 1. The van der Waals surface area contributed by atoms with E-state index < -0.39 is 0 Å². The maximum Gasteiger partial charge on any atom is 0.222 e. The molecule has 0 spiro atoms. The van der Waals surface area contributed by atoms with Crippen LogP contribution in [0.3, 0.4) is 0 Å². The number of nitrogen functional groups attached to an aromatic ring is 1. The highest BCUT2D eigenvalue weighted by Crippen LogP contribution is 2.32. The highest BCUT2D eigenvalue weighted by Gasteiger charge is 2.27. The van der Waals surface area contributed by atoms with Gasteiger partial charge in [-0.25, -0.2) is 4.98 Å². The lowest BCUT2D eigenvalue weighted by Crippen LogP contribution is -2.41. The van der Waals surface area contributed by atoms with Crippen LogP contribution in [0.1, 0.15) is 25.7 Å². The summed E-state index contributed by atoms with van der Waals surface area (Å²) in [6.07, 6.45) is 4.38. The molecule has 0 aliphatic heterocycles. The van der Waals surface area contributed by atoms with Crippen molar-refractivity contribution in [2.75, 3.05) is 23.8 Å². The number of nitrogens with two attached hydrogens (primary N) is 1. The molecule has 1 aromatic heterocycles. The van der Waals surface area contributed by atoms with E-state index >= 15 is 0 Å². The van der Waals surface area contributed by atoms with Crippen LogP contribution in [0.25, 0.3) is 10.9 Å². The number of rotatable bonds is 5. The van der Waals surface area contributed by atoms with Crippen molar-refractivity contribution in [1.29, 1.82) is 0 Å². The Hall–Kier alpha value is -1.88. The predicted octanol–water partition coefficient (Wildman–Crippen LogP) is 1.95. The van der Waals surface area contributed by atoms with Crippen LogP contribution in [0.15, 0.2) is 24.3 Å². The summed E-state index contributed by atoms with van der Waals surface area (Å²) in [7, 11) is 0. The van der Waals surface area contributed by atoms with Crippen molar-refractivity contribution >= 4 is 22.7 Å². The first-order chi connectivity index (χ1) is 9.79. The molecule has 3 N–H and O–H groups in total. The molecule has 5 nitrogen and oxygen atoms in total. The molecular weight excluding hydrogens is 252 g/mol. The van der Waals surface area contributed by atoms with E-state index in [0.29, 0.717) is 12.0 Å². The van der Waals surface area contributed by atoms with Gasteiger partial charge in [0.15, 0.2) is 0 Å². The summed E-state index contributed by atoms with van der Waals surface area (Å²) in [6.45, 7) is 1.00. The van der Waals surface area contributed by atoms with Gasteiger partial charge in [-0.2, -0.15) is 4.98 Å². The van der Waals surface area contributed by atoms with Crippen molar-refractivity contribution < 1.29 is 5.11 Å².